The lowest BCUT2D eigenvalue weighted by atomic mass is 10.0. The highest BCUT2D eigenvalue weighted by atomic mass is 79.9. The van der Waals surface area contributed by atoms with Crippen LogP contribution in [0.25, 0.3) is 0 Å². The predicted octanol–water partition coefficient (Wildman–Crippen LogP) is 2.05. The molecule has 0 saturated carbocycles. The van der Waals surface area contributed by atoms with Crippen molar-refractivity contribution in [2.24, 2.45) is 5.73 Å². The Morgan fingerprint density at radius 2 is 2.25 bits per heavy atom. The van der Waals surface area contributed by atoms with Crippen molar-refractivity contribution in [1.29, 1.82) is 0 Å². The highest BCUT2D eigenvalue weighted by molar-refractivity contribution is 9.10. The molecule has 0 bridgehead atoms. The summed E-state index contributed by atoms with van der Waals surface area (Å²) in [6.07, 6.45) is 5.36. The Morgan fingerprint density at radius 1 is 1.56 bits per heavy atom. The van der Waals surface area contributed by atoms with Gasteiger partial charge in [-0.2, -0.15) is 0 Å². The molecule has 0 saturated heterocycles. The van der Waals surface area contributed by atoms with E-state index in [1.54, 1.807) is 6.07 Å². The fraction of sp³-hybridized carbons (Fsp3) is 0.250. The number of rotatable bonds is 4. The fourth-order valence-corrected chi connectivity index (χ4v) is 1.80. The summed E-state index contributed by atoms with van der Waals surface area (Å²) in [5, 5.41) is 0. The Bertz CT molecular complexity index is 419. The lowest BCUT2D eigenvalue weighted by Crippen LogP contribution is -2.31. The number of benzene rings is 1. The Hall–Kier alpha value is -1.18. The van der Waals surface area contributed by atoms with Gasteiger partial charge in [-0.1, -0.05) is 15.9 Å². The molecule has 1 rings (SSSR count). The van der Waals surface area contributed by atoms with Crippen molar-refractivity contribution in [2.75, 3.05) is 0 Å². The van der Waals surface area contributed by atoms with Crippen LogP contribution in [0.4, 0.5) is 4.39 Å². The zero-order valence-electron chi connectivity index (χ0n) is 8.54. The van der Waals surface area contributed by atoms with Crippen LogP contribution in [0.3, 0.4) is 0 Å². The Labute approximate surface area is 102 Å². The van der Waals surface area contributed by atoms with Crippen molar-refractivity contribution >= 4 is 21.7 Å². The predicted molar refractivity (Wildman–Crippen MR) is 64.2 cm³/mol. The van der Waals surface area contributed by atoms with E-state index in [1.165, 1.54) is 12.1 Å². The number of halogens is 2. The second-order valence-electron chi connectivity index (χ2n) is 3.44. The van der Waals surface area contributed by atoms with Crippen LogP contribution in [0, 0.1) is 18.2 Å². The SMILES string of the molecule is C#CCC(N)C(=O)Cc1cc(F)cc(Br)c1. The maximum atomic E-state index is 13.0. The van der Waals surface area contributed by atoms with E-state index in [1.807, 2.05) is 0 Å². The summed E-state index contributed by atoms with van der Waals surface area (Å²) in [7, 11) is 0. The zero-order chi connectivity index (χ0) is 12.1. The van der Waals surface area contributed by atoms with Gasteiger partial charge in [-0.05, 0) is 23.8 Å². The first-order valence-electron chi connectivity index (χ1n) is 4.69. The molecule has 16 heavy (non-hydrogen) atoms. The van der Waals surface area contributed by atoms with Gasteiger partial charge < -0.3 is 5.73 Å². The minimum absolute atomic E-state index is 0.0964. The molecule has 0 aliphatic carbocycles. The molecular weight excluding hydrogens is 273 g/mol. The summed E-state index contributed by atoms with van der Waals surface area (Å²) in [4.78, 5) is 11.6. The number of ketones is 1. The molecule has 0 aliphatic heterocycles. The zero-order valence-corrected chi connectivity index (χ0v) is 10.1. The standard InChI is InChI=1S/C12H11BrFNO/c1-2-3-11(15)12(16)6-8-4-9(13)7-10(14)5-8/h1,4-5,7,11H,3,6,15H2. The molecule has 1 aromatic carbocycles. The number of terminal acetylenes is 1. The van der Waals surface area contributed by atoms with Crippen LogP contribution < -0.4 is 5.73 Å². The molecule has 1 atom stereocenters. The van der Waals surface area contributed by atoms with Gasteiger partial charge in [-0.25, -0.2) is 4.39 Å². The van der Waals surface area contributed by atoms with Crippen molar-refractivity contribution < 1.29 is 9.18 Å². The molecule has 0 aromatic heterocycles. The molecule has 1 aromatic rings. The van der Waals surface area contributed by atoms with Crippen molar-refractivity contribution in [3.05, 3.63) is 34.1 Å². The highest BCUT2D eigenvalue weighted by Gasteiger charge is 2.13. The second-order valence-corrected chi connectivity index (χ2v) is 4.35. The second kappa shape index (κ2) is 5.78. The van der Waals surface area contributed by atoms with E-state index in [-0.39, 0.29) is 24.4 Å². The van der Waals surface area contributed by atoms with Gasteiger partial charge in [0.15, 0.2) is 5.78 Å². The summed E-state index contributed by atoms with van der Waals surface area (Å²) in [5.74, 6) is 1.76. The highest BCUT2D eigenvalue weighted by Crippen LogP contribution is 2.15. The first kappa shape index (κ1) is 12.9. The number of Topliss-reactive ketones (excluding diaryl/α,β-unsaturated/α-hetero) is 1. The third-order valence-electron chi connectivity index (χ3n) is 2.05. The smallest absolute Gasteiger partial charge is 0.154 e. The average molecular weight is 284 g/mol. The Balaban J connectivity index is 2.73. The van der Waals surface area contributed by atoms with Gasteiger partial charge in [-0.3, -0.25) is 4.79 Å². The van der Waals surface area contributed by atoms with Crippen molar-refractivity contribution in [2.45, 2.75) is 18.9 Å². The molecule has 1 unspecified atom stereocenters. The van der Waals surface area contributed by atoms with Crippen LogP contribution >= 0.6 is 15.9 Å². The van der Waals surface area contributed by atoms with Crippen LogP contribution in [-0.4, -0.2) is 11.8 Å². The van der Waals surface area contributed by atoms with Crippen molar-refractivity contribution in [3.63, 3.8) is 0 Å². The van der Waals surface area contributed by atoms with E-state index in [4.69, 9.17) is 12.2 Å². The van der Waals surface area contributed by atoms with Gasteiger partial charge >= 0.3 is 0 Å². The molecule has 4 heteroatoms. The maximum Gasteiger partial charge on any atom is 0.154 e. The quantitative estimate of drug-likeness (QED) is 0.860. The van der Waals surface area contributed by atoms with E-state index in [9.17, 15) is 9.18 Å². The van der Waals surface area contributed by atoms with E-state index < -0.39 is 6.04 Å². The molecule has 0 spiro atoms. The lowest BCUT2D eigenvalue weighted by Gasteiger charge is -2.07. The van der Waals surface area contributed by atoms with Crippen molar-refractivity contribution in [1.82, 2.24) is 0 Å². The van der Waals surface area contributed by atoms with Gasteiger partial charge in [0.25, 0.3) is 0 Å². The van der Waals surface area contributed by atoms with Crippen LogP contribution in [0.5, 0.6) is 0 Å². The monoisotopic (exact) mass is 283 g/mol. The van der Waals surface area contributed by atoms with E-state index >= 15 is 0 Å². The molecular formula is C12H11BrFNO. The first-order chi connectivity index (χ1) is 7.52. The van der Waals surface area contributed by atoms with E-state index in [0.29, 0.717) is 10.0 Å². The van der Waals surface area contributed by atoms with Gasteiger partial charge in [0.05, 0.1) is 6.04 Å². The summed E-state index contributed by atoms with van der Waals surface area (Å²) >= 11 is 3.16. The minimum Gasteiger partial charge on any atom is -0.321 e. The van der Waals surface area contributed by atoms with Crippen molar-refractivity contribution in [3.8, 4) is 12.3 Å². The van der Waals surface area contributed by atoms with Gasteiger partial charge in [0.1, 0.15) is 5.82 Å². The van der Waals surface area contributed by atoms with Crippen LogP contribution in [0.1, 0.15) is 12.0 Å². The molecule has 0 aliphatic rings. The third kappa shape index (κ3) is 3.76. The number of carbonyl (C=O) groups is 1. The number of nitrogens with two attached hydrogens (primary N) is 1. The van der Waals surface area contributed by atoms with Crippen LogP contribution in [-0.2, 0) is 11.2 Å². The molecule has 2 nitrogen and oxygen atoms in total. The topological polar surface area (TPSA) is 43.1 Å². The summed E-state index contributed by atoms with van der Waals surface area (Å²) < 4.78 is 13.6. The van der Waals surface area contributed by atoms with Gasteiger partial charge in [0.2, 0.25) is 0 Å². The Kier molecular flexibility index (Phi) is 4.66. The van der Waals surface area contributed by atoms with E-state index in [2.05, 4.69) is 21.9 Å². The van der Waals surface area contributed by atoms with Gasteiger partial charge in [0, 0.05) is 17.3 Å². The molecule has 0 heterocycles. The molecule has 0 radical (unpaired) electrons. The number of hydrogen-bond donors (Lipinski definition) is 1. The largest absolute Gasteiger partial charge is 0.321 e. The lowest BCUT2D eigenvalue weighted by molar-refractivity contribution is -0.119. The summed E-state index contributed by atoms with van der Waals surface area (Å²) in [6, 6.07) is 3.65. The van der Waals surface area contributed by atoms with E-state index in [0.717, 1.165) is 0 Å². The normalized spacial score (nSPS) is 11.9. The minimum atomic E-state index is -0.674. The average Bonchev–Trinajstić information content (AvgIpc) is 2.16. The number of hydrogen-bond acceptors (Lipinski definition) is 2. The number of carbonyl (C=O) groups excluding carboxylic acids is 1. The molecule has 0 fully saturated rings. The van der Waals surface area contributed by atoms with Crippen LogP contribution in [0.15, 0.2) is 22.7 Å². The first-order valence-corrected chi connectivity index (χ1v) is 5.49. The Morgan fingerprint density at radius 3 is 2.81 bits per heavy atom. The van der Waals surface area contributed by atoms with Gasteiger partial charge in [-0.15, -0.1) is 12.3 Å². The maximum absolute atomic E-state index is 13.0. The molecule has 2 N–H and O–H groups in total. The third-order valence-corrected chi connectivity index (χ3v) is 2.51. The molecule has 84 valence electrons. The van der Waals surface area contributed by atoms with Crippen LogP contribution in [0.2, 0.25) is 0 Å². The fourth-order valence-electron chi connectivity index (χ4n) is 1.29. The molecule has 0 amide bonds. The summed E-state index contributed by atoms with van der Waals surface area (Å²) in [6.45, 7) is 0. The summed E-state index contributed by atoms with van der Waals surface area (Å²) in [5.41, 5.74) is 6.14.